The summed E-state index contributed by atoms with van der Waals surface area (Å²) in [5, 5.41) is 0.778. The van der Waals surface area contributed by atoms with E-state index in [0.717, 1.165) is 30.0 Å². The van der Waals surface area contributed by atoms with Crippen LogP contribution in [0, 0.1) is 5.92 Å². The predicted molar refractivity (Wildman–Crippen MR) is 85.9 cm³/mol. The molecule has 0 aromatic heterocycles. The van der Waals surface area contributed by atoms with E-state index < -0.39 is 0 Å². The van der Waals surface area contributed by atoms with Crippen LogP contribution in [0.2, 0.25) is 5.02 Å². The van der Waals surface area contributed by atoms with E-state index in [0.29, 0.717) is 18.5 Å². The fourth-order valence-corrected chi connectivity index (χ4v) is 2.83. The third-order valence-corrected chi connectivity index (χ3v) is 3.91. The molecule has 0 heterocycles. The van der Waals surface area contributed by atoms with Crippen LogP contribution >= 0.6 is 11.6 Å². The summed E-state index contributed by atoms with van der Waals surface area (Å²) in [7, 11) is 0. The minimum Gasteiger partial charge on any atom is -0.368 e. The van der Waals surface area contributed by atoms with Crippen LogP contribution in [-0.4, -0.2) is 12.6 Å². The number of anilines is 1. The lowest BCUT2D eigenvalue weighted by Crippen LogP contribution is -2.38. The molecule has 1 rings (SSSR count). The van der Waals surface area contributed by atoms with Crippen LogP contribution in [0.3, 0.4) is 0 Å². The molecule has 0 bridgehead atoms. The average Bonchev–Trinajstić information content (AvgIpc) is 2.38. The molecule has 3 heteroatoms. The fraction of sp³-hybridized carbons (Fsp3) is 0.625. The first kappa shape index (κ1) is 16.3. The highest BCUT2D eigenvalue weighted by Crippen LogP contribution is 2.30. The summed E-state index contributed by atoms with van der Waals surface area (Å²) < 4.78 is 0. The molecule has 1 aromatic rings. The highest BCUT2D eigenvalue weighted by atomic mass is 35.5. The molecule has 0 amide bonds. The van der Waals surface area contributed by atoms with Crippen LogP contribution < -0.4 is 10.6 Å². The van der Waals surface area contributed by atoms with Crippen molar-refractivity contribution < 1.29 is 0 Å². The second kappa shape index (κ2) is 7.76. The Morgan fingerprint density at radius 3 is 2.32 bits per heavy atom. The van der Waals surface area contributed by atoms with Gasteiger partial charge in [0, 0.05) is 35.4 Å². The van der Waals surface area contributed by atoms with Gasteiger partial charge >= 0.3 is 0 Å². The zero-order valence-electron chi connectivity index (χ0n) is 12.6. The zero-order chi connectivity index (χ0) is 14.4. The number of halogens is 1. The van der Waals surface area contributed by atoms with Gasteiger partial charge in [-0.15, -0.1) is 0 Å². The van der Waals surface area contributed by atoms with Crippen molar-refractivity contribution in [2.45, 2.75) is 53.1 Å². The Labute approximate surface area is 122 Å². The van der Waals surface area contributed by atoms with Crippen molar-refractivity contribution in [2.24, 2.45) is 11.7 Å². The maximum Gasteiger partial charge on any atom is 0.0471 e. The molecule has 0 aliphatic rings. The van der Waals surface area contributed by atoms with Crippen molar-refractivity contribution in [3.05, 3.63) is 28.8 Å². The van der Waals surface area contributed by atoms with Gasteiger partial charge in [0.15, 0.2) is 0 Å². The molecule has 0 unspecified atom stereocenters. The minimum absolute atomic E-state index is 0.490. The summed E-state index contributed by atoms with van der Waals surface area (Å²) in [4.78, 5) is 2.48. The molecule has 0 saturated carbocycles. The highest BCUT2D eigenvalue weighted by molar-refractivity contribution is 6.31. The maximum atomic E-state index is 6.29. The molecule has 0 fully saturated rings. The van der Waals surface area contributed by atoms with Crippen molar-refractivity contribution in [3.63, 3.8) is 0 Å². The number of hydrogen-bond acceptors (Lipinski definition) is 2. The second-order valence-corrected chi connectivity index (χ2v) is 5.87. The second-order valence-electron chi connectivity index (χ2n) is 5.46. The lowest BCUT2D eigenvalue weighted by molar-refractivity contribution is 0.506. The molecule has 0 radical (unpaired) electrons. The number of nitrogens with zero attached hydrogens (tertiary/aromatic N) is 1. The van der Waals surface area contributed by atoms with E-state index in [1.807, 2.05) is 12.1 Å². The predicted octanol–water partition coefficient (Wildman–Crippen LogP) is 4.45. The summed E-state index contributed by atoms with van der Waals surface area (Å²) in [6.07, 6.45) is 2.28. The van der Waals surface area contributed by atoms with Gasteiger partial charge in [-0.3, -0.25) is 0 Å². The number of rotatable bonds is 7. The summed E-state index contributed by atoms with van der Waals surface area (Å²) in [5.74, 6) is 0.616. The Bertz CT molecular complexity index is 386. The average molecular weight is 283 g/mol. The first-order valence-electron chi connectivity index (χ1n) is 7.29. The van der Waals surface area contributed by atoms with Crippen molar-refractivity contribution >= 4 is 17.3 Å². The van der Waals surface area contributed by atoms with Crippen LogP contribution in [0.1, 0.15) is 46.1 Å². The number of hydrogen-bond donors (Lipinski definition) is 1. The van der Waals surface area contributed by atoms with Crippen LogP contribution in [0.15, 0.2) is 18.2 Å². The first-order valence-corrected chi connectivity index (χ1v) is 7.66. The summed E-state index contributed by atoms with van der Waals surface area (Å²) in [6, 6.07) is 6.64. The van der Waals surface area contributed by atoms with Crippen molar-refractivity contribution in [3.8, 4) is 0 Å². The Morgan fingerprint density at radius 2 is 1.84 bits per heavy atom. The maximum absolute atomic E-state index is 6.29. The van der Waals surface area contributed by atoms with Gasteiger partial charge in [-0.25, -0.2) is 0 Å². The normalized spacial score (nSPS) is 11.4. The van der Waals surface area contributed by atoms with E-state index in [9.17, 15) is 0 Å². The van der Waals surface area contributed by atoms with E-state index in [4.69, 9.17) is 17.3 Å². The van der Waals surface area contributed by atoms with Crippen molar-refractivity contribution in [1.29, 1.82) is 0 Å². The quantitative estimate of drug-likeness (QED) is 0.800. The van der Waals surface area contributed by atoms with Gasteiger partial charge in [-0.05, 0) is 30.9 Å². The molecule has 0 atom stereocenters. The molecule has 2 N–H and O–H groups in total. The fourth-order valence-electron chi connectivity index (χ4n) is 2.59. The van der Waals surface area contributed by atoms with Gasteiger partial charge in [0.1, 0.15) is 0 Å². The van der Waals surface area contributed by atoms with Crippen LogP contribution in [0.5, 0.6) is 0 Å². The lowest BCUT2D eigenvalue weighted by Gasteiger charge is -2.35. The van der Waals surface area contributed by atoms with E-state index in [2.05, 4.69) is 38.7 Å². The Kier molecular flexibility index (Phi) is 6.67. The third kappa shape index (κ3) is 4.12. The van der Waals surface area contributed by atoms with Gasteiger partial charge in [-0.1, -0.05) is 45.4 Å². The van der Waals surface area contributed by atoms with Gasteiger partial charge in [0.25, 0.3) is 0 Å². The molecule has 2 nitrogen and oxygen atoms in total. The molecular weight excluding hydrogens is 256 g/mol. The third-order valence-electron chi connectivity index (χ3n) is 3.55. The topological polar surface area (TPSA) is 29.3 Å². The summed E-state index contributed by atoms with van der Waals surface area (Å²) in [6.45, 7) is 10.5. The molecular formula is C16H27ClN2. The van der Waals surface area contributed by atoms with Crippen LogP contribution in [0.25, 0.3) is 0 Å². The molecule has 1 aromatic carbocycles. The summed E-state index contributed by atoms with van der Waals surface area (Å²) >= 11 is 6.29. The number of nitrogens with two attached hydrogens (primary N) is 1. The lowest BCUT2D eigenvalue weighted by atomic mass is 10.0. The highest BCUT2D eigenvalue weighted by Gasteiger charge is 2.20. The van der Waals surface area contributed by atoms with E-state index in [-0.39, 0.29) is 0 Å². The Morgan fingerprint density at radius 1 is 1.21 bits per heavy atom. The van der Waals surface area contributed by atoms with Gasteiger partial charge in [0.2, 0.25) is 0 Å². The standard InChI is InChI=1S/C16H27ClN2/c1-5-13(6-2)19(11-12(3)4)16-9-7-8-15(17)14(16)10-18/h7-9,12-13H,5-6,10-11,18H2,1-4H3. The van der Waals surface area contributed by atoms with Gasteiger partial charge in [-0.2, -0.15) is 0 Å². The first-order chi connectivity index (χ1) is 9.04. The summed E-state index contributed by atoms with van der Waals surface area (Å²) in [5.41, 5.74) is 8.16. The Balaban J connectivity index is 3.19. The molecule has 0 spiro atoms. The monoisotopic (exact) mass is 282 g/mol. The zero-order valence-corrected chi connectivity index (χ0v) is 13.4. The van der Waals surface area contributed by atoms with Crippen molar-refractivity contribution in [2.75, 3.05) is 11.4 Å². The smallest absolute Gasteiger partial charge is 0.0471 e. The van der Waals surface area contributed by atoms with Gasteiger partial charge < -0.3 is 10.6 Å². The van der Waals surface area contributed by atoms with E-state index in [1.54, 1.807) is 0 Å². The SMILES string of the molecule is CCC(CC)N(CC(C)C)c1cccc(Cl)c1CN. The largest absolute Gasteiger partial charge is 0.368 e. The molecule has 19 heavy (non-hydrogen) atoms. The molecule has 108 valence electrons. The van der Waals surface area contributed by atoms with Gasteiger partial charge in [0.05, 0.1) is 0 Å². The van der Waals surface area contributed by atoms with Crippen LogP contribution in [-0.2, 0) is 6.54 Å². The molecule has 0 aliphatic heterocycles. The van der Waals surface area contributed by atoms with E-state index >= 15 is 0 Å². The Hall–Kier alpha value is -0.730. The van der Waals surface area contributed by atoms with Crippen molar-refractivity contribution in [1.82, 2.24) is 0 Å². The minimum atomic E-state index is 0.490. The van der Waals surface area contributed by atoms with Crippen LogP contribution in [0.4, 0.5) is 5.69 Å². The molecule has 0 aliphatic carbocycles. The van der Waals surface area contributed by atoms with E-state index in [1.165, 1.54) is 5.69 Å². The number of benzene rings is 1. The molecule has 0 saturated heterocycles.